The molecule has 16 heavy (non-hydrogen) atoms. The van der Waals surface area contributed by atoms with Crippen LogP contribution < -0.4 is 5.32 Å². The van der Waals surface area contributed by atoms with Crippen LogP contribution in [-0.2, 0) is 4.79 Å². The molecule has 4 heteroatoms. The number of hydrogen-bond acceptors (Lipinski definition) is 3. The van der Waals surface area contributed by atoms with Gasteiger partial charge in [-0.25, -0.2) is 0 Å². The first-order valence-electron chi connectivity index (χ1n) is 6.04. The maximum atomic E-state index is 11.0. The summed E-state index contributed by atoms with van der Waals surface area (Å²) in [6.45, 7) is 6.90. The van der Waals surface area contributed by atoms with Gasteiger partial charge in [0.05, 0.1) is 0 Å². The molecule has 0 amide bonds. The number of piperazine rings is 1. The third-order valence-corrected chi connectivity index (χ3v) is 2.99. The second kappa shape index (κ2) is 7.41. The number of hydrogen-bond donors (Lipinski definition) is 2. The highest BCUT2D eigenvalue weighted by Gasteiger charge is 2.27. The molecule has 0 aromatic carbocycles. The number of aliphatic carboxylic acids is 1. The van der Waals surface area contributed by atoms with Gasteiger partial charge in [-0.05, 0) is 25.8 Å². The van der Waals surface area contributed by atoms with Gasteiger partial charge in [0, 0.05) is 19.6 Å². The summed E-state index contributed by atoms with van der Waals surface area (Å²) in [5.41, 5.74) is 0. The lowest BCUT2D eigenvalue weighted by Crippen LogP contribution is -2.55. The summed E-state index contributed by atoms with van der Waals surface area (Å²) >= 11 is 0. The topological polar surface area (TPSA) is 52.6 Å². The zero-order valence-corrected chi connectivity index (χ0v) is 9.82. The van der Waals surface area contributed by atoms with E-state index in [0.717, 1.165) is 45.3 Å². The molecule has 0 spiro atoms. The van der Waals surface area contributed by atoms with Crippen molar-refractivity contribution in [2.24, 2.45) is 0 Å². The van der Waals surface area contributed by atoms with Gasteiger partial charge < -0.3 is 10.4 Å². The largest absolute Gasteiger partial charge is 0.480 e. The van der Waals surface area contributed by atoms with E-state index in [1.54, 1.807) is 0 Å². The minimum atomic E-state index is -0.710. The standard InChI is InChI=1S/C12H22N2O2/c1-2-3-4-5-6-8-14-9-7-13-10-11(14)12(15)16/h2,11,13H,1,3-10H2,(H,15,16). The molecule has 1 atom stereocenters. The Labute approximate surface area is 97.3 Å². The number of carboxylic acids is 1. The van der Waals surface area contributed by atoms with Crippen molar-refractivity contribution in [3.05, 3.63) is 12.7 Å². The molecule has 1 aliphatic heterocycles. The quantitative estimate of drug-likeness (QED) is 0.504. The van der Waals surface area contributed by atoms with E-state index >= 15 is 0 Å². The summed E-state index contributed by atoms with van der Waals surface area (Å²) in [7, 11) is 0. The monoisotopic (exact) mass is 226 g/mol. The Kier molecular flexibility index (Phi) is 6.11. The molecule has 0 aliphatic carbocycles. The van der Waals surface area contributed by atoms with Crippen LogP contribution in [0.15, 0.2) is 12.7 Å². The molecule has 1 unspecified atom stereocenters. The van der Waals surface area contributed by atoms with Crippen molar-refractivity contribution in [1.29, 1.82) is 0 Å². The predicted octanol–water partition coefficient (Wildman–Crippen LogP) is 1.09. The second-order valence-electron chi connectivity index (χ2n) is 4.23. The van der Waals surface area contributed by atoms with Gasteiger partial charge in [0.2, 0.25) is 0 Å². The summed E-state index contributed by atoms with van der Waals surface area (Å²) in [5.74, 6) is -0.710. The molecule has 92 valence electrons. The molecular weight excluding hydrogens is 204 g/mol. The first kappa shape index (κ1) is 13.2. The summed E-state index contributed by atoms with van der Waals surface area (Å²) < 4.78 is 0. The lowest BCUT2D eigenvalue weighted by molar-refractivity contribution is -0.143. The fourth-order valence-corrected chi connectivity index (χ4v) is 2.04. The number of nitrogens with zero attached hydrogens (tertiary/aromatic N) is 1. The Morgan fingerprint density at radius 2 is 2.31 bits per heavy atom. The molecular formula is C12H22N2O2. The zero-order valence-electron chi connectivity index (χ0n) is 9.82. The Hall–Kier alpha value is -0.870. The van der Waals surface area contributed by atoms with Gasteiger partial charge in [-0.3, -0.25) is 9.69 Å². The van der Waals surface area contributed by atoms with Crippen molar-refractivity contribution in [1.82, 2.24) is 10.2 Å². The lowest BCUT2D eigenvalue weighted by Gasteiger charge is -2.33. The van der Waals surface area contributed by atoms with Crippen LogP contribution in [0.2, 0.25) is 0 Å². The van der Waals surface area contributed by atoms with Crippen LogP contribution in [-0.4, -0.2) is 48.2 Å². The zero-order chi connectivity index (χ0) is 11.8. The average molecular weight is 226 g/mol. The minimum absolute atomic E-state index is 0.340. The van der Waals surface area contributed by atoms with Gasteiger partial charge in [0.25, 0.3) is 0 Å². The maximum Gasteiger partial charge on any atom is 0.322 e. The van der Waals surface area contributed by atoms with Crippen LogP contribution in [0.4, 0.5) is 0 Å². The van der Waals surface area contributed by atoms with Gasteiger partial charge in [-0.1, -0.05) is 12.5 Å². The van der Waals surface area contributed by atoms with Crippen molar-refractivity contribution < 1.29 is 9.90 Å². The third kappa shape index (κ3) is 4.33. The third-order valence-electron chi connectivity index (χ3n) is 2.99. The summed E-state index contributed by atoms with van der Waals surface area (Å²) in [6.07, 6.45) is 6.39. The van der Waals surface area contributed by atoms with E-state index in [1.807, 2.05) is 6.08 Å². The Morgan fingerprint density at radius 3 is 3.00 bits per heavy atom. The number of unbranched alkanes of at least 4 members (excludes halogenated alkanes) is 3. The van der Waals surface area contributed by atoms with Crippen LogP contribution in [0, 0.1) is 0 Å². The van der Waals surface area contributed by atoms with E-state index in [9.17, 15) is 4.79 Å². The fraction of sp³-hybridized carbons (Fsp3) is 0.750. The highest BCUT2D eigenvalue weighted by atomic mass is 16.4. The van der Waals surface area contributed by atoms with Gasteiger partial charge in [0.1, 0.15) is 6.04 Å². The van der Waals surface area contributed by atoms with Crippen molar-refractivity contribution in [3.63, 3.8) is 0 Å². The molecule has 1 heterocycles. The van der Waals surface area contributed by atoms with Gasteiger partial charge in [0.15, 0.2) is 0 Å². The molecule has 1 saturated heterocycles. The Bertz CT molecular complexity index is 231. The van der Waals surface area contributed by atoms with E-state index in [0.29, 0.717) is 6.54 Å². The Balaban J connectivity index is 2.22. The molecule has 1 rings (SSSR count). The van der Waals surface area contributed by atoms with E-state index < -0.39 is 5.97 Å². The second-order valence-corrected chi connectivity index (χ2v) is 4.23. The summed E-state index contributed by atoms with van der Waals surface area (Å²) in [4.78, 5) is 13.1. The van der Waals surface area contributed by atoms with E-state index in [1.165, 1.54) is 0 Å². The van der Waals surface area contributed by atoms with Crippen molar-refractivity contribution in [2.45, 2.75) is 31.7 Å². The SMILES string of the molecule is C=CCCCCCN1CCNCC1C(=O)O. The molecule has 0 bridgehead atoms. The van der Waals surface area contributed by atoms with Gasteiger partial charge in [-0.2, -0.15) is 0 Å². The fourth-order valence-electron chi connectivity index (χ4n) is 2.04. The average Bonchev–Trinajstić information content (AvgIpc) is 2.29. The highest BCUT2D eigenvalue weighted by Crippen LogP contribution is 2.07. The molecule has 0 saturated carbocycles. The van der Waals surface area contributed by atoms with Crippen LogP contribution in [0.3, 0.4) is 0 Å². The van der Waals surface area contributed by atoms with Gasteiger partial charge in [-0.15, -0.1) is 6.58 Å². The number of allylic oxidation sites excluding steroid dienone is 1. The van der Waals surface area contributed by atoms with Crippen molar-refractivity contribution in [3.8, 4) is 0 Å². The molecule has 0 radical (unpaired) electrons. The number of nitrogens with one attached hydrogen (secondary N) is 1. The number of carbonyl (C=O) groups is 1. The molecule has 0 aromatic rings. The van der Waals surface area contributed by atoms with Crippen LogP contribution in [0.1, 0.15) is 25.7 Å². The summed E-state index contributed by atoms with van der Waals surface area (Å²) in [6, 6.07) is -0.340. The molecule has 2 N–H and O–H groups in total. The van der Waals surface area contributed by atoms with E-state index in [4.69, 9.17) is 5.11 Å². The van der Waals surface area contributed by atoms with Crippen LogP contribution in [0.25, 0.3) is 0 Å². The van der Waals surface area contributed by atoms with Crippen LogP contribution in [0.5, 0.6) is 0 Å². The molecule has 1 fully saturated rings. The Morgan fingerprint density at radius 1 is 1.50 bits per heavy atom. The van der Waals surface area contributed by atoms with Crippen molar-refractivity contribution >= 4 is 5.97 Å². The maximum absolute atomic E-state index is 11.0. The van der Waals surface area contributed by atoms with Crippen molar-refractivity contribution in [2.75, 3.05) is 26.2 Å². The molecule has 0 aromatic heterocycles. The molecule has 4 nitrogen and oxygen atoms in total. The normalized spacial score (nSPS) is 21.9. The summed E-state index contributed by atoms with van der Waals surface area (Å²) in [5, 5.41) is 12.2. The first-order chi connectivity index (χ1) is 7.75. The van der Waals surface area contributed by atoms with E-state index in [-0.39, 0.29) is 6.04 Å². The van der Waals surface area contributed by atoms with E-state index in [2.05, 4.69) is 16.8 Å². The lowest BCUT2D eigenvalue weighted by atomic mass is 10.1. The number of rotatable bonds is 7. The highest BCUT2D eigenvalue weighted by molar-refractivity contribution is 5.73. The smallest absolute Gasteiger partial charge is 0.322 e. The molecule has 1 aliphatic rings. The van der Waals surface area contributed by atoms with Gasteiger partial charge >= 0.3 is 5.97 Å². The first-order valence-corrected chi connectivity index (χ1v) is 6.04. The van der Waals surface area contributed by atoms with Crippen LogP contribution >= 0.6 is 0 Å². The minimum Gasteiger partial charge on any atom is -0.480 e. The number of carboxylic acid groups (broad SMARTS) is 1. The predicted molar refractivity (Wildman–Crippen MR) is 64.5 cm³/mol.